The minimum Gasteiger partial charge on any atom is -0.495 e. The summed E-state index contributed by atoms with van der Waals surface area (Å²) in [7, 11) is -1.46. The fourth-order valence-corrected chi connectivity index (χ4v) is 7.55. The van der Waals surface area contributed by atoms with Crippen molar-refractivity contribution >= 4 is 37.3 Å². The van der Waals surface area contributed by atoms with Crippen molar-refractivity contribution in [2.24, 2.45) is 0 Å². The zero-order chi connectivity index (χ0) is 32.1. The van der Waals surface area contributed by atoms with Crippen LogP contribution in [0.4, 0.5) is 11.4 Å². The van der Waals surface area contributed by atoms with Crippen molar-refractivity contribution in [2.45, 2.75) is 23.1 Å². The Kier molecular flexibility index (Phi) is 10.4. The first-order valence-electron chi connectivity index (χ1n) is 13.9. The van der Waals surface area contributed by atoms with E-state index < -0.39 is 20.0 Å². The number of hydrogen-bond acceptors (Lipinski definition) is 9. The summed E-state index contributed by atoms with van der Waals surface area (Å²) >= 11 is 0. The van der Waals surface area contributed by atoms with Gasteiger partial charge in [0.05, 0.1) is 36.8 Å². The van der Waals surface area contributed by atoms with Crippen molar-refractivity contribution in [1.82, 2.24) is 8.61 Å². The lowest BCUT2D eigenvalue weighted by Crippen LogP contribution is -2.48. The Hall–Kier alpha value is -3.85. The molecule has 3 aromatic rings. The van der Waals surface area contributed by atoms with E-state index in [4.69, 9.17) is 14.2 Å². The molecule has 0 saturated carbocycles. The molecule has 1 heterocycles. The van der Waals surface area contributed by atoms with Gasteiger partial charge in [0.25, 0.3) is 0 Å². The van der Waals surface area contributed by atoms with Crippen LogP contribution in [0, 0.1) is 0 Å². The van der Waals surface area contributed by atoms with Crippen molar-refractivity contribution in [1.29, 1.82) is 0 Å². The van der Waals surface area contributed by atoms with Crippen molar-refractivity contribution in [3.8, 4) is 17.2 Å². The van der Waals surface area contributed by atoms with Crippen LogP contribution in [0.15, 0.2) is 70.5 Å². The van der Waals surface area contributed by atoms with Gasteiger partial charge in [-0.25, -0.2) is 21.1 Å². The lowest BCUT2D eigenvalue weighted by Gasteiger charge is -2.36. The molecule has 0 unspecified atom stereocenters. The molecule has 0 bridgehead atoms. The average molecular weight is 647 g/mol. The summed E-state index contributed by atoms with van der Waals surface area (Å²) in [6, 6.07) is 16.2. The van der Waals surface area contributed by atoms with Crippen LogP contribution in [0.2, 0.25) is 0 Å². The molecule has 0 spiro atoms. The molecule has 4 rings (SSSR count). The number of benzene rings is 3. The van der Waals surface area contributed by atoms with Crippen LogP contribution < -0.4 is 24.4 Å². The van der Waals surface area contributed by atoms with Crippen molar-refractivity contribution in [3.63, 3.8) is 0 Å². The second-order valence-corrected chi connectivity index (χ2v) is 14.2. The molecule has 14 heteroatoms. The van der Waals surface area contributed by atoms with Gasteiger partial charge < -0.3 is 24.4 Å². The van der Waals surface area contributed by atoms with Gasteiger partial charge in [-0.2, -0.15) is 4.31 Å². The van der Waals surface area contributed by atoms with Gasteiger partial charge in [0, 0.05) is 52.4 Å². The number of carbonyl (C=O) groups is 1. The molecule has 0 radical (unpaired) electrons. The standard InChI is InChI=1S/C30H38N4O8S2/c1-22(35)31-24-7-9-25(10-8-24)44(38,39)34-18-16-33(17-19-34)27-21-26(11-13-28(27)40-3)43(36,37)32(2)15-14-23-6-12-29(41-4)30(20-23)42-5/h6-13,20-21H,14-19H2,1-5H3,(H,31,35). The number of ether oxygens (including phenoxy) is 3. The molecular formula is C30H38N4O8S2. The monoisotopic (exact) mass is 646 g/mol. The topological polar surface area (TPSA) is 135 Å². The minimum atomic E-state index is -3.84. The summed E-state index contributed by atoms with van der Waals surface area (Å²) in [6.07, 6.45) is 0.464. The smallest absolute Gasteiger partial charge is 0.243 e. The number of anilines is 2. The Balaban J connectivity index is 1.46. The van der Waals surface area contributed by atoms with E-state index in [1.54, 1.807) is 44.6 Å². The number of sulfonamides is 2. The molecule has 0 atom stereocenters. The first-order chi connectivity index (χ1) is 20.9. The third-order valence-electron chi connectivity index (χ3n) is 7.41. The number of nitrogens with one attached hydrogen (secondary N) is 1. The summed E-state index contributed by atoms with van der Waals surface area (Å²) in [5.41, 5.74) is 1.98. The van der Waals surface area contributed by atoms with Crippen LogP contribution >= 0.6 is 0 Å². The Morgan fingerprint density at radius 3 is 1.98 bits per heavy atom. The fraction of sp³-hybridized carbons (Fsp3) is 0.367. The molecule has 1 fully saturated rings. The van der Waals surface area contributed by atoms with Gasteiger partial charge in [0.2, 0.25) is 26.0 Å². The Bertz CT molecular complexity index is 1690. The number of nitrogens with zero attached hydrogens (tertiary/aromatic N) is 3. The van der Waals surface area contributed by atoms with E-state index in [-0.39, 0.29) is 35.3 Å². The van der Waals surface area contributed by atoms with E-state index >= 15 is 0 Å². The second-order valence-electron chi connectivity index (χ2n) is 10.2. The van der Waals surface area contributed by atoms with Crippen LogP contribution in [-0.4, -0.2) is 92.5 Å². The third-order valence-corrected chi connectivity index (χ3v) is 11.2. The zero-order valence-corrected chi connectivity index (χ0v) is 27.1. The van der Waals surface area contributed by atoms with Crippen molar-refractivity contribution in [3.05, 3.63) is 66.2 Å². The first-order valence-corrected chi connectivity index (χ1v) is 16.8. The van der Waals surface area contributed by atoms with Crippen LogP contribution in [0.5, 0.6) is 17.2 Å². The summed E-state index contributed by atoms with van der Waals surface area (Å²) in [5, 5.41) is 2.62. The van der Waals surface area contributed by atoms with E-state index in [1.807, 2.05) is 17.0 Å². The predicted octanol–water partition coefficient (Wildman–Crippen LogP) is 3.04. The molecule has 0 aliphatic carbocycles. The lowest BCUT2D eigenvalue weighted by molar-refractivity contribution is -0.114. The molecule has 1 amide bonds. The summed E-state index contributed by atoms with van der Waals surface area (Å²) in [4.78, 5) is 13.4. The normalized spacial score (nSPS) is 14.4. The highest BCUT2D eigenvalue weighted by Gasteiger charge is 2.30. The summed E-state index contributed by atoms with van der Waals surface area (Å²) in [6.45, 7) is 2.67. The molecule has 0 aromatic heterocycles. The third kappa shape index (κ3) is 7.26. The molecule has 44 heavy (non-hydrogen) atoms. The molecule has 3 aromatic carbocycles. The zero-order valence-electron chi connectivity index (χ0n) is 25.4. The Labute approximate surface area is 259 Å². The summed E-state index contributed by atoms with van der Waals surface area (Å²) in [5.74, 6) is 1.41. The lowest BCUT2D eigenvalue weighted by atomic mass is 10.1. The number of rotatable bonds is 12. The van der Waals surface area contributed by atoms with Gasteiger partial charge in [-0.15, -0.1) is 0 Å². The highest BCUT2D eigenvalue weighted by atomic mass is 32.2. The maximum Gasteiger partial charge on any atom is 0.243 e. The van der Waals surface area contributed by atoms with Gasteiger partial charge in [-0.3, -0.25) is 4.79 Å². The van der Waals surface area contributed by atoms with Crippen LogP contribution in [0.25, 0.3) is 0 Å². The number of likely N-dealkylation sites (N-methyl/N-ethyl adjacent to an activating group) is 1. The van der Waals surface area contributed by atoms with E-state index in [2.05, 4.69) is 5.32 Å². The average Bonchev–Trinajstić information content (AvgIpc) is 3.03. The SMILES string of the molecule is COc1ccc(CCN(C)S(=O)(=O)c2ccc(OC)c(N3CCN(S(=O)(=O)c4ccc(NC(C)=O)cc4)CC3)c2)cc1OC. The first kappa shape index (κ1) is 33.1. The molecule has 1 N–H and O–H groups in total. The van der Waals surface area contributed by atoms with Crippen LogP contribution in [0.3, 0.4) is 0 Å². The van der Waals surface area contributed by atoms with Gasteiger partial charge in [-0.1, -0.05) is 6.07 Å². The molecule has 12 nitrogen and oxygen atoms in total. The Morgan fingerprint density at radius 1 is 0.795 bits per heavy atom. The Morgan fingerprint density at radius 2 is 1.39 bits per heavy atom. The van der Waals surface area contributed by atoms with Crippen molar-refractivity contribution in [2.75, 3.05) is 71.3 Å². The van der Waals surface area contributed by atoms with Crippen LogP contribution in [-0.2, 0) is 31.3 Å². The molecule has 238 valence electrons. The molecule has 1 saturated heterocycles. The maximum atomic E-state index is 13.5. The van der Waals surface area contributed by atoms with Gasteiger partial charge in [0.1, 0.15) is 5.75 Å². The van der Waals surface area contributed by atoms with Gasteiger partial charge in [-0.05, 0) is 66.6 Å². The maximum absolute atomic E-state index is 13.5. The fourth-order valence-electron chi connectivity index (χ4n) is 4.93. The second kappa shape index (κ2) is 13.8. The number of carbonyl (C=O) groups excluding carboxylic acids is 1. The highest BCUT2D eigenvalue weighted by molar-refractivity contribution is 7.89. The number of piperazine rings is 1. The predicted molar refractivity (Wildman–Crippen MR) is 168 cm³/mol. The van der Waals surface area contributed by atoms with Gasteiger partial charge in [0.15, 0.2) is 11.5 Å². The highest BCUT2D eigenvalue weighted by Crippen LogP contribution is 2.34. The van der Waals surface area contributed by atoms with E-state index in [0.29, 0.717) is 48.1 Å². The number of methoxy groups -OCH3 is 3. The number of hydrogen-bond donors (Lipinski definition) is 1. The minimum absolute atomic E-state index is 0.109. The number of amides is 1. The quantitative estimate of drug-likeness (QED) is 0.315. The largest absolute Gasteiger partial charge is 0.495 e. The molecular weight excluding hydrogens is 608 g/mol. The summed E-state index contributed by atoms with van der Waals surface area (Å²) < 4.78 is 72.5. The van der Waals surface area contributed by atoms with Crippen LogP contribution in [0.1, 0.15) is 12.5 Å². The molecule has 1 aliphatic heterocycles. The van der Waals surface area contributed by atoms with Crippen molar-refractivity contribution < 1.29 is 35.8 Å². The molecule has 1 aliphatic rings. The van der Waals surface area contributed by atoms with E-state index in [1.165, 1.54) is 47.9 Å². The van der Waals surface area contributed by atoms with Gasteiger partial charge >= 0.3 is 0 Å². The van der Waals surface area contributed by atoms with E-state index in [9.17, 15) is 21.6 Å². The van der Waals surface area contributed by atoms with E-state index in [0.717, 1.165) is 5.56 Å².